The van der Waals surface area contributed by atoms with Crippen LogP contribution in [0.25, 0.3) is 0 Å². The lowest BCUT2D eigenvalue weighted by molar-refractivity contribution is -0.109. The summed E-state index contributed by atoms with van der Waals surface area (Å²) in [5.74, 6) is 1.12. The van der Waals surface area contributed by atoms with Gasteiger partial charge in [-0.3, -0.25) is 0 Å². The van der Waals surface area contributed by atoms with Crippen molar-refractivity contribution in [1.29, 1.82) is 0 Å². The van der Waals surface area contributed by atoms with Crippen molar-refractivity contribution in [2.24, 2.45) is 17.3 Å². The van der Waals surface area contributed by atoms with Crippen molar-refractivity contribution >= 4 is 0 Å². The molecule has 2 aliphatic rings. The molecule has 2 fully saturated rings. The molecule has 2 aliphatic carbocycles. The zero-order chi connectivity index (χ0) is 9.69. The van der Waals surface area contributed by atoms with Gasteiger partial charge in [0, 0.05) is 12.0 Å². The van der Waals surface area contributed by atoms with Gasteiger partial charge >= 0.3 is 0 Å². The van der Waals surface area contributed by atoms with Crippen LogP contribution in [0, 0.1) is 17.3 Å². The first-order valence-electron chi connectivity index (χ1n) is 5.35. The van der Waals surface area contributed by atoms with Crippen LogP contribution in [0.1, 0.15) is 39.5 Å². The zero-order valence-corrected chi connectivity index (χ0v) is 8.58. The highest BCUT2D eigenvalue weighted by Gasteiger charge is 2.61. The molecular weight excluding hydrogens is 164 g/mol. The van der Waals surface area contributed by atoms with Gasteiger partial charge in [0.1, 0.15) is 0 Å². The molecule has 2 nitrogen and oxygen atoms in total. The van der Waals surface area contributed by atoms with Crippen molar-refractivity contribution in [3.05, 3.63) is 0 Å². The van der Waals surface area contributed by atoms with E-state index in [0.717, 1.165) is 6.42 Å². The average Bonchev–Trinajstić information content (AvgIpc) is 2.56. The molecule has 0 heterocycles. The molecule has 2 saturated carbocycles. The van der Waals surface area contributed by atoms with E-state index < -0.39 is 5.60 Å². The van der Waals surface area contributed by atoms with E-state index in [0.29, 0.717) is 11.8 Å². The number of rotatable bonds is 2. The maximum absolute atomic E-state index is 10.4. The minimum absolute atomic E-state index is 0.0370. The Morgan fingerprint density at radius 3 is 2.31 bits per heavy atom. The molecule has 2 N–H and O–H groups in total. The monoisotopic (exact) mass is 184 g/mol. The van der Waals surface area contributed by atoms with Gasteiger partial charge < -0.3 is 10.2 Å². The summed E-state index contributed by atoms with van der Waals surface area (Å²) in [6.45, 7) is 4.31. The standard InChI is InChI=1S/C11H20O2/c1-10(5-6-12)8-3-4-9(7-8)11(10,2)13/h8-9,12-13H,3-7H2,1-2H3/t8-,9+,10+,11-/m0/s1. The lowest BCUT2D eigenvalue weighted by Gasteiger charge is -2.46. The molecular formula is C11H20O2. The molecule has 2 rings (SSSR count). The van der Waals surface area contributed by atoms with Gasteiger partial charge in [-0.1, -0.05) is 6.92 Å². The molecule has 13 heavy (non-hydrogen) atoms. The first kappa shape index (κ1) is 9.47. The Morgan fingerprint density at radius 1 is 1.23 bits per heavy atom. The molecule has 0 aromatic rings. The van der Waals surface area contributed by atoms with Gasteiger partial charge in [-0.2, -0.15) is 0 Å². The van der Waals surface area contributed by atoms with Gasteiger partial charge in [0.25, 0.3) is 0 Å². The van der Waals surface area contributed by atoms with E-state index in [9.17, 15) is 5.11 Å². The number of aliphatic hydroxyl groups excluding tert-OH is 1. The second kappa shape index (κ2) is 2.71. The highest BCUT2D eigenvalue weighted by atomic mass is 16.3. The molecule has 0 aromatic carbocycles. The molecule has 0 radical (unpaired) electrons. The number of hydrogen-bond donors (Lipinski definition) is 2. The fourth-order valence-corrected chi connectivity index (χ4v) is 3.64. The summed E-state index contributed by atoms with van der Waals surface area (Å²) in [5.41, 5.74) is -0.580. The molecule has 4 atom stereocenters. The fourth-order valence-electron chi connectivity index (χ4n) is 3.64. The van der Waals surface area contributed by atoms with Gasteiger partial charge in [-0.15, -0.1) is 0 Å². The fraction of sp³-hybridized carbons (Fsp3) is 1.00. The molecule has 0 aromatic heterocycles. The first-order valence-corrected chi connectivity index (χ1v) is 5.35. The Kier molecular flexibility index (Phi) is 1.97. The zero-order valence-electron chi connectivity index (χ0n) is 8.58. The topological polar surface area (TPSA) is 40.5 Å². The predicted molar refractivity (Wildman–Crippen MR) is 51.3 cm³/mol. The lowest BCUT2D eigenvalue weighted by Crippen LogP contribution is -2.49. The molecule has 76 valence electrons. The van der Waals surface area contributed by atoms with E-state index in [2.05, 4.69) is 6.92 Å². The summed E-state index contributed by atoms with van der Waals surface area (Å²) in [6, 6.07) is 0. The molecule has 2 heteroatoms. The smallest absolute Gasteiger partial charge is 0.0704 e. The Bertz CT molecular complexity index is 212. The minimum Gasteiger partial charge on any atom is -0.396 e. The predicted octanol–water partition coefficient (Wildman–Crippen LogP) is 1.56. The third-order valence-electron chi connectivity index (χ3n) is 4.92. The van der Waals surface area contributed by atoms with Crippen molar-refractivity contribution in [1.82, 2.24) is 0 Å². The third kappa shape index (κ3) is 1.02. The average molecular weight is 184 g/mol. The van der Waals surface area contributed by atoms with Crippen LogP contribution in [0.3, 0.4) is 0 Å². The van der Waals surface area contributed by atoms with Crippen molar-refractivity contribution < 1.29 is 10.2 Å². The summed E-state index contributed by atoms with van der Waals surface area (Å²) in [7, 11) is 0. The molecule has 0 aliphatic heterocycles. The van der Waals surface area contributed by atoms with Gasteiger partial charge in [0.2, 0.25) is 0 Å². The van der Waals surface area contributed by atoms with Gasteiger partial charge in [-0.05, 0) is 44.4 Å². The summed E-state index contributed by atoms with van der Waals surface area (Å²) in [5, 5.41) is 19.5. The van der Waals surface area contributed by atoms with Crippen molar-refractivity contribution in [3.63, 3.8) is 0 Å². The van der Waals surface area contributed by atoms with E-state index in [4.69, 9.17) is 5.11 Å². The third-order valence-corrected chi connectivity index (χ3v) is 4.92. The van der Waals surface area contributed by atoms with E-state index >= 15 is 0 Å². The lowest BCUT2D eigenvalue weighted by atomic mass is 9.63. The number of aliphatic hydroxyl groups is 2. The van der Waals surface area contributed by atoms with Crippen molar-refractivity contribution in [2.75, 3.05) is 6.61 Å². The van der Waals surface area contributed by atoms with Gasteiger partial charge in [-0.25, -0.2) is 0 Å². The van der Waals surface area contributed by atoms with Crippen LogP contribution in [-0.4, -0.2) is 22.4 Å². The van der Waals surface area contributed by atoms with E-state index in [-0.39, 0.29) is 12.0 Å². The van der Waals surface area contributed by atoms with E-state index in [1.54, 1.807) is 0 Å². The van der Waals surface area contributed by atoms with Crippen LogP contribution < -0.4 is 0 Å². The minimum atomic E-state index is -0.543. The maximum Gasteiger partial charge on any atom is 0.0704 e. The first-order chi connectivity index (χ1) is 6.02. The van der Waals surface area contributed by atoms with Crippen LogP contribution in [0.4, 0.5) is 0 Å². The SMILES string of the molecule is C[C@]1(O)[C@@H]2CC[C@@H](C2)[C@@]1(C)CCO. The Balaban J connectivity index is 2.27. The Labute approximate surface area is 80.0 Å². The maximum atomic E-state index is 10.4. The van der Waals surface area contributed by atoms with Gasteiger partial charge in [0.15, 0.2) is 0 Å². The van der Waals surface area contributed by atoms with Crippen LogP contribution in [0.2, 0.25) is 0 Å². The van der Waals surface area contributed by atoms with E-state index in [1.165, 1.54) is 19.3 Å². The number of fused-ring (bicyclic) bond motifs is 2. The Morgan fingerprint density at radius 2 is 1.85 bits per heavy atom. The summed E-state index contributed by atoms with van der Waals surface area (Å²) in [4.78, 5) is 0. The van der Waals surface area contributed by atoms with Crippen LogP contribution >= 0.6 is 0 Å². The quantitative estimate of drug-likeness (QED) is 0.683. The Hall–Kier alpha value is -0.0800. The van der Waals surface area contributed by atoms with E-state index in [1.807, 2.05) is 6.92 Å². The highest BCUT2D eigenvalue weighted by Crippen LogP contribution is 2.62. The van der Waals surface area contributed by atoms with Gasteiger partial charge in [0.05, 0.1) is 5.60 Å². The molecule has 2 bridgehead atoms. The number of hydrogen-bond acceptors (Lipinski definition) is 2. The van der Waals surface area contributed by atoms with Crippen LogP contribution in [0.15, 0.2) is 0 Å². The molecule has 0 amide bonds. The summed E-state index contributed by atoms with van der Waals surface area (Å²) in [6.07, 6.45) is 4.35. The van der Waals surface area contributed by atoms with Crippen LogP contribution in [-0.2, 0) is 0 Å². The van der Waals surface area contributed by atoms with Crippen molar-refractivity contribution in [2.45, 2.75) is 45.1 Å². The highest BCUT2D eigenvalue weighted by molar-refractivity contribution is 5.11. The summed E-state index contributed by atoms with van der Waals surface area (Å²) >= 11 is 0. The largest absolute Gasteiger partial charge is 0.396 e. The molecule has 0 saturated heterocycles. The second-order valence-electron chi connectivity index (χ2n) is 5.25. The van der Waals surface area contributed by atoms with Crippen molar-refractivity contribution in [3.8, 4) is 0 Å². The van der Waals surface area contributed by atoms with Crippen LogP contribution in [0.5, 0.6) is 0 Å². The summed E-state index contributed by atoms with van der Waals surface area (Å²) < 4.78 is 0. The molecule has 0 spiro atoms. The normalized spacial score (nSPS) is 54.5. The molecule has 0 unspecified atom stereocenters. The second-order valence-corrected chi connectivity index (χ2v) is 5.25.